The molecule has 0 radical (unpaired) electrons. The van der Waals surface area contributed by atoms with Crippen LogP contribution in [0.5, 0.6) is 0 Å². The molecule has 2 aliphatic rings. The van der Waals surface area contributed by atoms with Crippen LogP contribution in [0.2, 0.25) is 0 Å². The first-order valence-electron chi connectivity index (χ1n) is 8.38. The molecule has 1 atom stereocenters. The highest BCUT2D eigenvalue weighted by Crippen LogP contribution is 2.31. The maximum absolute atomic E-state index is 12.3. The van der Waals surface area contributed by atoms with Crippen LogP contribution in [0.1, 0.15) is 56.7 Å². The molecular weight excluding hydrogens is 262 g/mol. The van der Waals surface area contributed by atoms with Gasteiger partial charge in [-0.25, -0.2) is 0 Å². The first kappa shape index (κ1) is 14.6. The number of aryl methyl sites for hydroxylation is 1. The van der Waals surface area contributed by atoms with Crippen molar-refractivity contribution in [1.29, 1.82) is 0 Å². The van der Waals surface area contributed by atoms with Crippen LogP contribution in [0, 0.1) is 0 Å². The summed E-state index contributed by atoms with van der Waals surface area (Å²) < 4.78 is 2.18. The predicted molar refractivity (Wildman–Crippen MR) is 84.0 cm³/mol. The van der Waals surface area contributed by atoms with Gasteiger partial charge in [0.1, 0.15) is 0 Å². The number of nitrogens with one attached hydrogen (secondary N) is 1. The molecule has 0 aromatic carbocycles. The summed E-state index contributed by atoms with van der Waals surface area (Å²) in [7, 11) is 2.09. The number of amides is 1. The normalized spacial score (nSPS) is 24.3. The van der Waals surface area contributed by atoms with E-state index in [0.717, 1.165) is 25.8 Å². The third kappa shape index (κ3) is 3.49. The van der Waals surface area contributed by atoms with Gasteiger partial charge in [-0.05, 0) is 44.4 Å². The fraction of sp³-hybridized carbons (Fsp3) is 0.706. The molecule has 1 aliphatic heterocycles. The monoisotopic (exact) mass is 289 g/mol. The lowest BCUT2D eigenvalue weighted by Gasteiger charge is -2.27. The highest BCUT2D eigenvalue weighted by molar-refractivity contribution is 5.78. The molecule has 1 saturated carbocycles. The number of carbonyl (C=O) groups excluding carboxylic acids is 1. The van der Waals surface area contributed by atoms with Crippen LogP contribution in [0.25, 0.3) is 0 Å². The Morgan fingerprint density at radius 1 is 1.24 bits per heavy atom. The summed E-state index contributed by atoms with van der Waals surface area (Å²) in [6.07, 6.45) is 10.6. The van der Waals surface area contributed by atoms with Crippen LogP contribution in [-0.2, 0) is 11.8 Å². The summed E-state index contributed by atoms with van der Waals surface area (Å²) in [5.74, 6) is 0.211. The number of aromatic nitrogens is 1. The standard InChI is InChI=1S/C17H27N3O/c1-19-11-5-9-15(19)16-10-6-12-20(16)13-17(21)18-14-7-3-2-4-8-14/h5,9,11,14,16H,2-4,6-8,10,12-13H2,1H3,(H,18,21). The maximum Gasteiger partial charge on any atom is 0.234 e. The van der Waals surface area contributed by atoms with Crippen LogP contribution in [0.3, 0.4) is 0 Å². The molecule has 0 bridgehead atoms. The third-order valence-corrected chi connectivity index (χ3v) is 5.01. The van der Waals surface area contributed by atoms with Crippen molar-refractivity contribution in [2.24, 2.45) is 7.05 Å². The maximum atomic E-state index is 12.3. The summed E-state index contributed by atoms with van der Waals surface area (Å²) in [6, 6.07) is 5.10. The lowest BCUT2D eigenvalue weighted by Crippen LogP contribution is -2.42. The fourth-order valence-corrected chi connectivity index (χ4v) is 3.88. The molecule has 4 nitrogen and oxygen atoms in total. The van der Waals surface area contributed by atoms with E-state index in [1.807, 2.05) is 0 Å². The first-order valence-corrected chi connectivity index (χ1v) is 8.38. The van der Waals surface area contributed by atoms with Gasteiger partial charge in [0, 0.05) is 25.0 Å². The Hall–Kier alpha value is -1.29. The van der Waals surface area contributed by atoms with Crippen LogP contribution >= 0.6 is 0 Å². The Balaban J connectivity index is 1.56. The Bertz CT molecular complexity index is 476. The van der Waals surface area contributed by atoms with E-state index in [2.05, 4.69) is 40.2 Å². The van der Waals surface area contributed by atoms with Gasteiger partial charge in [0.05, 0.1) is 12.6 Å². The zero-order valence-electron chi connectivity index (χ0n) is 13.1. The predicted octanol–water partition coefficient (Wildman–Crippen LogP) is 2.61. The molecule has 116 valence electrons. The van der Waals surface area contributed by atoms with Gasteiger partial charge in [0.2, 0.25) is 5.91 Å². The smallest absolute Gasteiger partial charge is 0.234 e. The number of hydrogen-bond donors (Lipinski definition) is 1. The Morgan fingerprint density at radius 3 is 2.76 bits per heavy atom. The van der Waals surface area contributed by atoms with Gasteiger partial charge in [0.25, 0.3) is 0 Å². The highest BCUT2D eigenvalue weighted by Gasteiger charge is 2.29. The Kier molecular flexibility index (Phi) is 4.63. The fourth-order valence-electron chi connectivity index (χ4n) is 3.88. The van der Waals surface area contributed by atoms with E-state index in [1.54, 1.807) is 0 Å². The summed E-state index contributed by atoms with van der Waals surface area (Å²) >= 11 is 0. The third-order valence-electron chi connectivity index (χ3n) is 5.01. The SMILES string of the molecule is Cn1cccc1C1CCCN1CC(=O)NC1CCCCC1. The van der Waals surface area contributed by atoms with E-state index in [9.17, 15) is 4.79 Å². The van der Waals surface area contributed by atoms with E-state index in [4.69, 9.17) is 0 Å². The number of carbonyl (C=O) groups is 1. The Labute approximate surface area is 127 Å². The largest absolute Gasteiger partial charge is 0.353 e. The molecule has 1 amide bonds. The number of rotatable bonds is 4. The van der Waals surface area contributed by atoms with Crippen molar-refractivity contribution in [2.45, 2.75) is 57.0 Å². The van der Waals surface area contributed by atoms with E-state index in [-0.39, 0.29) is 5.91 Å². The molecule has 2 fully saturated rings. The Morgan fingerprint density at radius 2 is 2.05 bits per heavy atom. The minimum absolute atomic E-state index is 0.211. The van der Waals surface area contributed by atoms with Crippen molar-refractivity contribution in [1.82, 2.24) is 14.8 Å². The van der Waals surface area contributed by atoms with Crippen molar-refractivity contribution >= 4 is 5.91 Å². The molecule has 2 heterocycles. The average molecular weight is 289 g/mol. The van der Waals surface area contributed by atoms with Gasteiger partial charge in [0.15, 0.2) is 0 Å². The van der Waals surface area contributed by atoms with E-state index in [0.29, 0.717) is 18.6 Å². The summed E-state index contributed by atoms with van der Waals surface area (Å²) in [5.41, 5.74) is 1.33. The van der Waals surface area contributed by atoms with Gasteiger partial charge in [-0.2, -0.15) is 0 Å². The van der Waals surface area contributed by atoms with Crippen LogP contribution in [-0.4, -0.2) is 34.5 Å². The van der Waals surface area contributed by atoms with Crippen LogP contribution in [0.4, 0.5) is 0 Å². The highest BCUT2D eigenvalue weighted by atomic mass is 16.2. The number of nitrogens with zero attached hydrogens (tertiary/aromatic N) is 2. The molecular formula is C17H27N3O. The van der Waals surface area contributed by atoms with Crippen LogP contribution < -0.4 is 5.32 Å². The van der Waals surface area contributed by atoms with Crippen molar-refractivity contribution in [3.05, 3.63) is 24.0 Å². The minimum atomic E-state index is 0.211. The van der Waals surface area contributed by atoms with Crippen molar-refractivity contribution in [3.8, 4) is 0 Å². The zero-order chi connectivity index (χ0) is 14.7. The summed E-state index contributed by atoms with van der Waals surface area (Å²) in [4.78, 5) is 14.6. The second-order valence-electron chi connectivity index (χ2n) is 6.57. The quantitative estimate of drug-likeness (QED) is 0.925. The van der Waals surface area contributed by atoms with E-state index >= 15 is 0 Å². The molecule has 1 N–H and O–H groups in total. The zero-order valence-corrected chi connectivity index (χ0v) is 13.1. The van der Waals surface area contributed by atoms with E-state index in [1.165, 1.54) is 31.4 Å². The van der Waals surface area contributed by atoms with Crippen molar-refractivity contribution in [2.75, 3.05) is 13.1 Å². The van der Waals surface area contributed by atoms with Crippen molar-refractivity contribution in [3.63, 3.8) is 0 Å². The first-order chi connectivity index (χ1) is 10.2. The second kappa shape index (κ2) is 6.65. The average Bonchev–Trinajstić information content (AvgIpc) is 3.08. The van der Waals surface area contributed by atoms with E-state index < -0.39 is 0 Å². The van der Waals surface area contributed by atoms with Gasteiger partial charge in [-0.3, -0.25) is 9.69 Å². The summed E-state index contributed by atoms with van der Waals surface area (Å²) in [6.45, 7) is 1.58. The minimum Gasteiger partial charge on any atom is -0.353 e. The summed E-state index contributed by atoms with van der Waals surface area (Å²) in [5, 5.41) is 3.24. The molecule has 4 heteroatoms. The number of likely N-dealkylation sites (tertiary alicyclic amines) is 1. The molecule has 1 saturated heterocycles. The lowest BCUT2D eigenvalue weighted by molar-refractivity contribution is -0.123. The van der Waals surface area contributed by atoms with Gasteiger partial charge in [-0.1, -0.05) is 19.3 Å². The molecule has 3 rings (SSSR count). The molecule has 21 heavy (non-hydrogen) atoms. The molecule has 1 aromatic heterocycles. The van der Waals surface area contributed by atoms with Gasteiger partial charge < -0.3 is 9.88 Å². The van der Waals surface area contributed by atoms with Crippen molar-refractivity contribution < 1.29 is 4.79 Å². The number of hydrogen-bond acceptors (Lipinski definition) is 2. The van der Waals surface area contributed by atoms with Gasteiger partial charge >= 0.3 is 0 Å². The van der Waals surface area contributed by atoms with Crippen LogP contribution in [0.15, 0.2) is 18.3 Å². The molecule has 1 aromatic rings. The molecule has 1 unspecified atom stereocenters. The molecule has 0 spiro atoms. The molecule has 1 aliphatic carbocycles. The second-order valence-corrected chi connectivity index (χ2v) is 6.57. The topological polar surface area (TPSA) is 37.3 Å². The lowest BCUT2D eigenvalue weighted by atomic mass is 9.95. The van der Waals surface area contributed by atoms with Gasteiger partial charge in [-0.15, -0.1) is 0 Å².